The molecule has 0 spiro atoms. The van der Waals surface area contributed by atoms with Gasteiger partial charge in [0.1, 0.15) is 0 Å². The Kier molecular flexibility index (Phi) is 15.5. The van der Waals surface area contributed by atoms with E-state index in [1.165, 1.54) is 181 Å². The number of anilines is 6. The zero-order valence-corrected chi connectivity index (χ0v) is 58.6. The van der Waals surface area contributed by atoms with Gasteiger partial charge in [-0.25, -0.2) is 0 Å². The van der Waals surface area contributed by atoms with Gasteiger partial charge in [0.25, 0.3) is 0 Å². The molecule has 3 heterocycles. The van der Waals surface area contributed by atoms with E-state index in [4.69, 9.17) is 0 Å². The number of rotatable bonds is 9. The van der Waals surface area contributed by atoms with Crippen molar-refractivity contribution in [2.45, 2.75) is 0 Å². The van der Waals surface area contributed by atoms with Crippen molar-refractivity contribution in [3.63, 3.8) is 0 Å². The van der Waals surface area contributed by atoms with Gasteiger partial charge in [-0.1, -0.05) is 255 Å². The average molecular weight is 1350 g/mol. The maximum absolute atomic E-state index is 2.41. The number of nitrogens with zero attached hydrogens (tertiary/aromatic N) is 6. The SMILES string of the molecule is CN(c1ccc2c(c1)c1ccccc1n2-c1cccc2ccccc12)c1cccc2ccccc12.CN(c1ccc2ccccc2c1)c1ccc2c(c1)c1ccccc1n2-c1ccc2ccccc2c1.CN(c1ccc2ccccc2c1)c1ccc2c(c1)c1ccccc1n2-c1cccc2ccccc12. The highest BCUT2D eigenvalue weighted by Crippen LogP contribution is 2.43. The first kappa shape index (κ1) is 62.3. The molecule has 0 amide bonds. The molecule has 0 fully saturated rings. The van der Waals surface area contributed by atoms with Gasteiger partial charge in [-0.15, -0.1) is 0 Å². The van der Waals surface area contributed by atoms with Gasteiger partial charge in [-0.05, 0) is 176 Å². The van der Waals surface area contributed by atoms with Crippen LogP contribution >= 0.6 is 0 Å². The summed E-state index contributed by atoms with van der Waals surface area (Å²) in [5, 5.41) is 22.7. The summed E-state index contributed by atoms with van der Waals surface area (Å²) in [5.74, 6) is 0. The first-order valence-corrected chi connectivity index (χ1v) is 36.1. The minimum absolute atomic E-state index is 1.17. The van der Waals surface area contributed by atoms with E-state index in [2.05, 4.69) is 432 Å². The predicted molar refractivity (Wildman–Crippen MR) is 451 cm³/mol. The standard InChI is InChI=1S/3C33H24N2/c1-34(30-18-8-12-23-10-2-4-14-26(23)30)25-20-21-33-29(22-25)28-16-6-7-17-32(28)35(33)31-19-9-13-24-11-3-5-15-27(24)31;1-34(27-16-14-23-8-2-4-10-25(23)20-27)28-18-19-33-31(22-28)30-12-6-7-13-32(30)35(33)29-17-15-24-9-3-5-11-26(24)21-29;1-34(26-18-17-23-9-2-3-11-25(23)21-26)27-19-20-33-30(22-27)29-14-6-7-15-32(29)35(33)31-16-8-12-24-10-4-5-13-28(24)31/h3*2-22H,1H3. The van der Waals surface area contributed by atoms with Gasteiger partial charge >= 0.3 is 0 Å². The lowest BCUT2D eigenvalue weighted by molar-refractivity contribution is 1.18. The minimum Gasteiger partial charge on any atom is -0.345 e. The maximum atomic E-state index is 2.41. The topological polar surface area (TPSA) is 24.5 Å². The molecule has 21 rings (SSSR count). The Morgan fingerprint density at radius 3 is 0.905 bits per heavy atom. The zero-order chi connectivity index (χ0) is 70.1. The molecule has 0 saturated carbocycles. The van der Waals surface area contributed by atoms with Crippen molar-refractivity contribution >= 4 is 164 Å². The molecule has 6 nitrogen and oxygen atoms in total. The minimum atomic E-state index is 1.17. The monoisotopic (exact) mass is 1340 g/mol. The highest BCUT2D eigenvalue weighted by molar-refractivity contribution is 6.15. The maximum Gasteiger partial charge on any atom is 0.0542 e. The smallest absolute Gasteiger partial charge is 0.0542 e. The third-order valence-electron chi connectivity index (χ3n) is 21.5. The van der Waals surface area contributed by atoms with Gasteiger partial charge in [0.15, 0.2) is 0 Å². The Labute approximate surface area is 609 Å². The van der Waals surface area contributed by atoms with Gasteiger partial charge in [0, 0.05) is 109 Å². The quantitative estimate of drug-likeness (QED) is 0.144. The van der Waals surface area contributed by atoms with E-state index < -0.39 is 0 Å². The van der Waals surface area contributed by atoms with Gasteiger partial charge in [0.2, 0.25) is 0 Å². The molecule has 0 radical (unpaired) electrons. The number of aromatic nitrogens is 3. The molecule has 18 aromatic carbocycles. The van der Waals surface area contributed by atoms with Crippen LogP contribution in [0.5, 0.6) is 0 Å². The molecule has 0 bridgehead atoms. The fourth-order valence-corrected chi connectivity index (χ4v) is 16.1. The number of hydrogen-bond acceptors (Lipinski definition) is 3. The van der Waals surface area contributed by atoms with Crippen molar-refractivity contribution in [2.24, 2.45) is 0 Å². The summed E-state index contributed by atoms with van der Waals surface area (Å²) in [6.07, 6.45) is 0. The van der Waals surface area contributed by atoms with Crippen molar-refractivity contribution in [1.82, 2.24) is 13.7 Å². The molecular formula is C99H72N6. The zero-order valence-electron chi connectivity index (χ0n) is 58.6. The van der Waals surface area contributed by atoms with Gasteiger partial charge < -0.3 is 28.4 Å². The molecule has 6 heteroatoms. The Balaban J connectivity index is 0.000000108. The molecule has 0 aliphatic heterocycles. The molecule has 0 N–H and O–H groups in total. The van der Waals surface area contributed by atoms with Crippen LogP contribution in [0, 0.1) is 0 Å². The summed E-state index contributed by atoms with van der Waals surface area (Å²) in [5.41, 5.74) is 18.0. The summed E-state index contributed by atoms with van der Waals surface area (Å²) < 4.78 is 7.21. The number of hydrogen-bond donors (Lipinski definition) is 0. The normalized spacial score (nSPS) is 11.6. The van der Waals surface area contributed by atoms with Crippen LogP contribution in [0.2, 0.25) is 0 Å². The molecule has 21 aromatic rings. The Bertz CT molecular complexity index is 6920. The fraction of sp³-hybridized carbons (Fsp3) is 0.0303. The predicted octanol–water partition coefficient (Wildman–Crippen LogP) is 26.6. The van der Waals surface area contributed by atoms with Crippen molar-refractivity contribution < 1.29 is 0 Å². The van der Waals surface area contributed by atoms with Crippen LogP contribution in [0.4, 0.5) is 34.1 Å². The Morgan fingerprint density at radius 1 is 0.171 bits per heavy atom. The summed E-state index contributed by atoms with van der Waals surface area (Å²) in [6.45, 7) is 0. The van der Waals surface area contributed by atoms with Crippen LogP contribution in [0.25, 0.3) is 147 Å². The first-order valence-electron chi connectivity index (χ1n) is 36.1. The van der Waals surface area contributed by atoms with Crippen LogP contribution < -0.4 is 14.7 Å². The van der Waals surface area contributed by atoms with Crippen LogP contribution in [-0.4, -0.2) is 34.8 Å². The fourth-order valence-electron chi connectivity index (χ4n) is 16.1. The summed E-state index contributed by atoms with van der Waals surface area (Å²) in [4.78, 5) is 6.84. The van der Waals surface area contributed by atoms with Crippen LogP contribution in [0.3, 0.4) is 0 Å². The second kappa shape index (κ2) is 26.0. The summed E-state index contributed by atoms with van der Waals surface area (Å²) >= 11 is 0. The third-order valence-corrected chi connectivity index (χ3v) is 21.5. The lowest BCUT2D eigenvalue weighted by Crippen LogP contribution is -2.09. The largest absolute Gasteiger partial charge is 0.345 e. The van der Waals surface area contributed by atoms with Gasteiger partial charge in [-0.2, -0.15) is 0 Å². The second-order valence-corrected chi connectivity index (χ2v) is 27.4. The number of fused-ring (bicyclic) bond motifs is 15. The highest BCUT2D eigenvalue weighted by atomic mass is 15.1. The lowest BCUT2D eigenvalue weighted by atomic mass is 10.1. The average Bonchev–Trinajstić information content (AvgIpc) is 1.60. The van der Waals surface area contributed by atoms with Crippen molar-refractivity contribution in [1.29, 1.82) is 0 Å². The molecule has 105 heavy (non-hydrogen) atoms. The summed E-state index contributed by atoms with van der Waals surface area (Å²) in [6, 6.07) is 138. The molecule has 0 saturated heterocycles. The lowest BCUT2D eigenvalue weighted by Gasteiger charge is -2.22. The third kappa shape index (κ3) is 11.0. The van der Waals surface area contributed by atoms with E-state index >= 15 is 0 Å². The highest BCUT2D eigenvalue weighted by Gasteiger charge is 2.20. The molecule has 3 aromatic heterocycles. The number of benzene rings is 18. The van der Waals surface area contributed by atoms with Crippen molar-refractivity contribution in [2.75, 3.05) is 35.8 Å². The van der Waals surface area contributed by atoms with Crippen LogP contribution in [0.15, 0.2) is 382 Å². The summed E-state index contributed by atoms with van der Waals surface area (Å²) in [7, 11) is 6.45. The molecule has 0 atom stereocenters. The van der Waals surface area contributed by atoms with Gasteiger partial charge in [0.05, 0.1) is 44.5 Å². The molecule has 498 valence electrons. The van der Waals surface area contributed by atoms with E-state index in [9.17, 15) is 0 Å². The van der Waals surface area contributed by atoms with E-state index in [1.807, 2.05) is 0 Å². The van der Waals surface area contributed by atoms with Crippen LogP contribution in [-0.2, 0) is 0 Å². The van der Waals surface area contributed by atoms with E-state index in [0.717, 1.165) is 0 Å². The number of para-hydroxylation sites is 3. The molecule has 0 aliphatic rings. The Morgan fingerprint density at radius 2 is 0.457 bits per heavy atom. The van der Waals surface area contributed by atoms with E-state index in [0.29, 0.717) is 0 Å². The van der Waals surface area contributed by atoms with Crippen molar-refractivity contribution in [3.8, 4) is 17.1 Å². The first-order chi connectivity index (χ1) is 51.8. The van der Waals surface area contributed by atoms with Gasteiger partial charge in [-0.3, -0.25) is 0 Å². The molecular weight excluding hydrogens is 1270 g/mol. The van der Waals surface area contributed by atoms with Crippen LogP contribution in [0.1, 0.15) is 0 Å². The second-order valence-electron chi connectivity index (χ2n) is 27.4. The van der Waals surface area contributed by atoms with Crippen molar-refractivity contribution in [3.05, 3.63) is 382 Å². The Hall–Kier alpha value is -13.7. The van der Waals surface area contributed by atoms with E-state index in [-0.39, 0.29) is 0 Å². The molecule has 0 aliphatic carbocycles. The van der Waals surface area contributed by atoms with E-state index in [1.54, 1.807) is 0 Å². The molecule has 0 unspecified atom stereocenters.